The van der Waals surface area contributed by atoms with Crippen LogP contribution in [0.25, 0.3) is 0 Å². The predicted molar refractivity (Wildman–Crippen MR) is 101 cm³/mol. The zero-order valence-corrected chi connectivity index (χ0v) is 15.9. The van der Waals surface area contributed by atoms with Crippen LogP contribution < -0.4 is 15.8 Å². The molecule has 0 saturated carbocycles. The first-order chi connectivity index (χ1) is 11.9. The van der Waals surface area contributed by atoms with Gasteiger partial charge in [0.05, 0.1) is 5.69 Å². The summed E-state index contributed by atoms with van der Waals surface area (Å²) < 4.78 is 1.97. The van der Waals surface area contributed by atoms with E-state index < -0.39 is 0 Å². The van der Waals surface area contributed by atoms with Gasteiger partial charge in [-0.25, -0.2) is 0 Å². The standard InChI is InChI=1S/C19H29N5O/c1-12(2)18-14(19(23(3)4)24(5)22-18)11-20-15-7-6-8-16-13(15)9-10-17(25)21-16/h9-10,12,15,20H,6-8,11H2,1-5H3,(H,21,25)/t15-/m0/s1. The number of rotatable bonds is 5. The summed E-state index contributed by atoms with van der Waals surface area (Å²) in [4.78, 5) is 16.7. The molecule has 0 amide bonds. The molecule has 0 aromatic carbocycles. The third-order valence-electron chi connectivity index (χ3n) is 4.97. The first kappa shape index (κ1) is 17.7. The third kappa shape index (κ3) is 3.49. The summed E-state index contributed by atoms with van der Waals surface area (Å²) in [5.41, 5.74) is 4.71. The lowest BCUT2D eigenvalue weighted by Crippen LogP contribution is -2.28. The van der Waals surface area contributed by atoms with Crippen molar-refractivity contribution in [2.75, 3.05) is 19.0 Å². The summed E-state index contributed by atoms with van der Waals surface area (Å²) in [5, 5.41) is 8.45. The van der Waals surface area contributed by atoms with Crippen molar-refractivity contribution in [3.8, 4) is 0 Å². The molecule has 2 N–H and O–H groups in total. The number of nitrogens with one attached hydrogen (secondary N) is 2. The number of aromatic amines is 1. The number of aryl methyl sites for hydroxylation is 2. The highest BCUT2D eigenvalue weighted by Gasteiger charge is 2.24. The van der Waals surface area contributed by atoms with Crippen LogP contribution in [0.5, 0.6) is 0 Å². The zero-order valence-electron chi connectivity index (χ0n) is 15.9. The maximum Gasteiger partial charge on any atom is 0.248 e. The Morgan fingerprint density at radius 1 is 1.40 bits per heavy atom. The van der Waals surface area contributed by atoms with Crippen LogP contribution in [0.15, 0.2) is 16.9 Å². The Labute approximate surface area is 149 Å². The van der Waals surface area contributed by atoms with Crippen LogP contribution in [0.4, 0.5) is 5.82 Å². The maximum absolute atomic E-state index is 11.6. The second-order valence-corrected chi connectivity index (χ2v) is 7.44. The van der Waals surface area contributed by atoms with E-state index in [2.05, 4.69) is 43.1 Å². The Kier molecular flexibility index (Phi) is 4.99. The smallest absolute Gasteiger partial charge is 0.248 e. The minimum absolute atomic E-state index is 0.0105. The summed E-state index contributed by atoms with van der Waals surface area (Å²) in [6.07, 6.45) is 3.14. The van der Waals surface area contributed by atoms with Crippen LogP contribution in [0.3, 0.4) is 0 Å². The van der Waals surface area contributed by atoms with Crippen LogP contribution in [0, 0.1) is 0 Å². The Balaban J connectivity index is 1.87. The van der Waals surface area contributed by atoms with Gasteiger partial charge in [-0.3, -0.25) is 9.48 Å². The molecule has 0 saturated heterocycles. The number of pyridine rings is 1. The van der Waals surface area contributed by atoms with Crippen molar-refractivity contribution in [1.82, 2.24) is 20.1 Å². The number of nitrogens with zero attached hydrogens (tertiary/aromatic N) is 3. The number of H-pyrrole nitrogens is 1. The van der Waals surface area contributed by atoms with E-state index in [-0.39, 0.29) is 11.6 Å². The summed E-state index contributed by atoms with van der Waals surface area (Å²) in [7, 11) is 6.13. The number of fused-ring (bicyclic) bond motifs is 1. The highest BCUT2D eigenvalue weighted by Crippen LogP contribution is 2.31. The van der Waals surface area contributed by atoms with E-state index >= 15 is 0 Å². The zero-order chi connectivity index (χ0) is 18.1. The van der Waals surface area contributed by atoms with Crippen molar-refractivity contribution in [2.45, 2.75) is 51.6 Å². The normalized spacial score (nSPS) is 17.0. The van der Waals surface area contributed by atoms with Gasteiger partial charge >= 0.3 is 0 Å². The minimum atomic E-state index is -0.0105. The molecule has 25 heavy (non-hydrogen) atoms. The molecule has 6 nitrogen and oxygen atoms in total. The molecule has 0 bridgehead atoms. The molecule has 1 aliphatic carbocycles. The molecule has 0 fully saturated rings. The van der Waals surface area contributed by atoms with Gasteiger partial charge in [0, 0.05) is 51.1 Å². The SMILES string of the molecule is CC(C)c1nn(C)c(N(C)C)c1CN[C@H]1CCCc2[nH]c(=O)ccc21. The largest absolute Gasteiger partial charge is 0.363 e. The molecule has 2 aromatic heterocycles. The lowest BCUT2D eigenvalue weighted by Gasteiger charge is -2.26. The topological polar surface area (TPSA) is 66.0 Å². The lowest BCUT2D eigenvalue weighted by molar-refractivity contribution is 0.452. The fraction of sp³-hybridized carbons (Fsp3) is 0.579. The predicted octanol–water partition coefficient (Wildman–Crippen LogP) is 2.47. The van der Waals surface area contributed by atoms with E-state index in [9.17, 15) is 4.79 Å². The van der Waals surface area contributed by atoms with Crippen LogP contribution >= 0.6 is 0 Å². The van der Waals surface area contributed by atoms with E-state index in [1.807, 2.05) is 17.8 Å². The molecule has 1 atom stereocenters. The Hall–Kier alpha value is -2.08. The summed E-state index contributed by atoms with van der Waals surface area (Å²) in [6.45, 7) is 5.15. The lowest BCUT2D eigenvalue weighted by atomic mass is 9.91. The fourth-order valence-corrected chi connectivity index (χ4v) is 3.91. The molecule has 0 unspecified atom stereocenters. The molecule has 0 aliphatic heterocycles. The van der Waals surface area contributed by atoms with Gasteiger partial charge in [0.25, 0.3) is 0 Å². The quantitative estimate of drug-likeness (QED) is 0.875. The second-order valence-electron chi connectivity index (χ2n) is 7.44. The monoisotopic (exact) mass is 343 g/mol. The van der Waals surface area contributed by atoms with Crippen molar-refractivity contribution < 1.29 is 0 Å². The Morgan fingerprint density at radius 2 is 2.16 bits per heavy atom. The second kappa shape index (κ2) is 7.04. The Bertz CT molecular complexity index is 803. The number of aromatic nitrogens is 3. The summed E-state index contributed by atoms with van der Waals surface area (Å²) >= 11 is 0. The third-order valence-corrected chi connectivity index (χ3v) is 4.97. The summed E-state index contributed by atoms with van der Waals surface area (Å²) in [5.74, 6) is 1.53. The average molecular weight is 343 g/mol. The molecule has 6 heteroatoms. The van der Waals surface area contributed by atoms with E-state index in [1.54, 1.807) is 6.07 Å². The van der Waals surface area contributed by atoms with Gasteiger partial charge in [-0.1, -0.05) is 19.9 Å². The molecule has 2 aromatic rings. The molecular formula is C19H29N5O. The number of hydrogen-bond donors (Lipinski definition) is 2. The van der Waals surface area contributed by atoms with E-state index in [4.69, 9.17) is 5.10 Å². The van der Waals surface area contributed by atoms with E-state index in [1.165, 1.54) is 11.1 Å². The molecular weight excluding hydrogens is 314 g/mol. The Morgan fingerprint density at radius 3 is 2.84 bits per heavy atom. The average Bonchev–Trinajstić information content (AvgIpc) is 2.89. The van der Waals surface area contributed by atoms with E-state index in [0.717, 1.165) is 43.0 Å². The molecule has 1 aliphatic rings. The van der Waals surface area contributed by atoms with Crippen LogP contribution in [-0.4, -0.2) is 28.9 Å². The van der Waals surface area contributed by atoms with Gasteiger partial charge in [-0.05, 0) is 30.7 Å². The van der Waals surface area contributed by atoms with Crippen molar-refractivity contribution >= 4 is 5.82 Å². The van der Waals surface area contributed by atoms with Gasteiger partial charge in [-0.15, -0.1) is 0 Å². The molecule has 2 heterocycles. The molecule has 0 radical (unpaired) electrons. The maximum atomic E-state index is 11.6. The van der Waals surface area contributed by atoms with Crippen LogP contribution in [-0.2, 0) is 20.0 Å². The fourth-order valence-electron chi connectivity index (χ4n) is 3.91. The van der Waals surface area contributed by atoms with Crippen LogP contribution in [0.2, 0.25) is 0 Å². The minimum Gasteiger partial charge on any atom is -0.363 e. The molecule has 136 valence electrons. The molecule has 0 spiro atoms. The van der Waals surface area contributed by atoms with Crippen molar-refractivity contribution in [3.05, 3.63) is 45.0 Å². The molecule has 3 rings (SSSR count). The highest BCUT2D eigenvalue weighted by atomic mass is 16.1. The van der Waals surface area contributed by atoms with Crippen molar-refractivity contribution in [2.24, 2.45) is 7.05 Å². The number of anilines is 1. The first-order valence-electron chi connectivity index (χ1n) is 9.07. The van der Waals surface area contributed by atoms with Crippen molar-refractivity contribution in [3.63, 3.8) is 0 Å². The van der Waals surface area contributed by atoms with Gasteiger partial charge < -0.3 is 15.2 Å². The van der Waals surface area contributed by atoms with Crippen molar-refractivity contribution in [1.29, 1.82) is 0 Å². The van der Waals surface area contributed by atoms with Gasteiger partial charge in [0.1, 0.15) is 5.82 Å². The highest BCUT2D eigenvalue weighted by molar-refractivity contribution is 5.50. The van der Waals surface area contributed by atoms with Gasteiger partial charge in [0.15, 0.2) is 0 Å². The van der Waals surface area contributed by atoms with Crippen LogP contribution in [0.1, 0.15) is 61.2 Å². The van der Waals surface area contributed by atoms with Gasteiger partial charge in [-0.2, -0.15) is 5.10 Å². The number of hydrogen-bond acceptors (Lipinski definition) is 4. The summed E-state index contributed by atoms with van der Waals surface area (Å²) in [6, 6.07) is 3.88. The van der Waals surface area contributed by atoms with Gasteiger partial charge in [0.2, 0.25) is 5.56 Å². The van der Waals surface area contributed by atoms with E-state index in [0.29, 0.717) is 5.92 Å². The first-order valence-corrected chi connectivity index (χ1v) is 9.07.